The van der Waals surface area contributed by atoms with Crippen LogP contribution in [0.2, 0.25) is 0 Å². The minimum atomic E-state index is 0. The van der Waals surface area contributed by atoms with Gasteiger partial charge in [-0.2, -0.15) is 0 Å². The monoisotopic (exact) mass is 456 g/mol. The van der Waals surface area contributed by atoms with Gasteiger partial charge in [-0.25, -0.2) is 0 Å². The molecule has 0 bridgehead atoms. The molecule has 0 radical (unpaired) electrons. The van der Waals surface area contributed by atoms with Gasteiger partial charge in [-0.15, -0.1) is 24.0 Å². The smallest absolute Gasteiger partial charge is 0.191 e. The Morgan fingerprint density at radius 1 is 1.20 bits per heavy atom. The van der Waals surface area contributed by atoms with Gasteiger partial charge in [0.2, 0.25) is 0 Å². The maximum atomic E-state index is 4.40. The van der Waals surface area contributed by atoms with Gasteiger partial charge in [0, 0.05) is 38.3 Å². The number of hydrogen-bond acceptors (Lipinski definition) is 2. The van der Waals surface area contributed by atoms with Crippen molar-refractivity contribution in [1.29, 1.82) is 0 Å². The molecule has 0 amide bonds. The van der Waals surface area contributed by atoms with Gasteiger partial charge in [0.15, 0.2) is 5.96 Å². The third-order valence-electron chi connectivity index (χ3n) is 5.19. The molecule has 1 aliphatic heterocycles. The van der Waals surface area contributed by atoms with Crippen molar-refractivity contribution < 1.29 is 0 Å². The molecule has 1 aliphatic carbocycles. The summed E-state index contributed by atoms with van der Waals surface area (Å²) in [6, 6.07) is 8.85. The van der Waals surface area contributed by atoms with Crippen LogP contribution in [0.15, 0.2) is 23.2 Å². The number of guanidine groups is 1. The van der Waals surface area contributed by atoms with Crippen LogP contribution in [0.4, 0.5) is 0 Å². The minimum absolute atomic E-state index is 0. The fourth-order valence-electron chi connectivity index (χ4n) is 4.00. The second kappa shape index (κ2) is 9.21. The molecule has 0 aromatic heterocycles. The quantitative estimate of drug-likeness (QED) is 0.406. The first kappa shape index (κ1) is 20.5. The molecule has 1 saturated carbocycles. The highest BCUT2D eigenvalue weighted by Crippen LogP contribution is 2.33. The first-order valence-corrected chi connectivity index (χ1v) is 9.35. The summed E-state index contributed by atoms with van der Waals surface area (Å²) in [6.45, 7) is 8.76. The topological polar surface area (TPSA) is 39.7 Å². The van der Waals surface area contributed by atoms with Gasteiger partial charge in [-0.05, 0) is 52.0 Å². The predicted molar refractivity (Wildman–Crippen MR) is 117 cm³/mol. The van der Waals surface area contributed by atoms with Crippen LogP contribution in [-0.2, 0) is 6.42 Å². The van der Waals surface area contributed by atoms with Crippen LogP contribution in [-0.4, -0.2) is 49.1 Å². The third-order valence-corrected chi connectivity index (χ3v) is 5.19. The standard InChI is InChI=1S/C20H32N4.HI/c1-14-9-15(2)11-17(10-14)7-8-22-20(21-4)23-18-12-16(3)24(13-18)19-5-6-19;/h9-11,16,18-19H,5-8,12-13H2,1-4H3,(H2,21,22,23);1H. The summed E-state index contributed by atoms with van der Waals surface area (Å²) in [7, 11) is 1.86. The molecular weight excluding hydrogens is 423 g/mol. The molecule has 1 aromatic carbocycles. The van der Waals surface area contributed by atoms with E-state index in [1.807, 2.05) is 7.05 Å². The van der Waals surface area contributed by atoms with Crippen LogP contribution in [0.3, 0.4) is 0 Å². The van der Waals surface area contributed by atoms with Crippen LogP contribution in [0.25, 0.3) is 0 Å². The molecule has 2 fully saturated rings. The van der Waals surface area contributed by atoms with Crippen molar-refractivity contribution in [2.75, 3.05) is 20.1 Å². The highest BCUT2D eigenvalue weighted by Gasteiger charge is 2.38. The molecule has 2 aliphatic rings. The van der Waals surface area contributed by atoms with Crippen LogP contribution in [0.5, 0.6) is 0 Å². The Kier molecular flexibility index (Phi) is 7.55. The average molecular weight is 456 g/mol. The highest BCUT2D eigenvalue weighted by molar-refractivity contribution is 14.0. The van der Waals surface area contributed by atoms with E-state index < -0.39 is 0 Å². The number of nitrogens with one attached hydrogen (secondary N) is 2. The van der Waals surface area contributed by atoms with Crippen molar-refractivity contribution in [3.8, 4) is 0 Å². The molecule has 5 heteroatoms. The molecule has 140 valence electrons. The molecule has 1 heterocycles. The Morgan fingerprint density at radius 3 is 2.48 bits per heavy atom. The molecule has 25 heavy (non-hydrogen) atoms. The van der Waals surface area contributed by atoms with Crippen LogP contribution < -0.4 is 10.6 Å². The first-order valence-electron chi connectivity index (χ1n) is 9.35. The zero-order valence-corrected chi connectivity index (χ0v) is 18.3. The summed E-state index contributed by atoms with van der Waals surface area (Å²) in [5, 5.41) is 7.09. The van der Waals surface area contributed by atoms with E-state index in [9.17, 15) is 0 Å². The summed E-state index contributed by atoms with van der Waals surface area (Å²) in [5.41, 5.74) is 4.07. The van der Waals surface area contributed by atoms with Gasteiger partial charge in [-0.3, -0.25) is 9.89 Å². The number of aliphatic imine (C=N–C) groups is 1. The molecule has 2 N–H and O–H groups in total. The fourth-order valence-corrected chi connectivity index (χ4v) is 4.00. The maximum absolute atomic E-state index is 4.40. The number of aryl methyl sites for hydroxylation is 2. The normalized spacial score (nSPS) is 24.1. The number of halogens is 1. The zero-order valence-electron chi connectivity index (χ0n) is 16.0. The Balaban J connectivity index is 0.00000225. The Labute approximate surface area is 169 Å². The molecule has 4 nitrogen and oxygen atoms in total. The van der Waals surface area contributed by atoms with Crippen LogP contribution in [0, 0.1) is 13.8 Å². The number of likely N-dealkylation sites (tertiary alicyclic amines) is 1. The van der Waals surface area contributed by atoms with Gasteiger partial charge < -0.3 is 10.6 Å². The number of nitrogens with zero attached hydrogens (tertiary/aromatic N) is 2. The van der Waals surface area contributed by atoms with E-state index in [0.29, 0.717) is 12.1 Å². The van der Waals surface area contributed by atoms with Crippen molar-refractivity contribution >= 4 is 29.9 Å². The van der Waals surface area contributed by atoms with Crippen molar-refractivity contribution in [3.63, 3.8) is 0 Å². The van der Waals surface area contributed by atoms with Gasteiger partial charge >= 0.3 is 0 Å². The maximum Gasteiger partial charge on any atom is 0.191 e. The van der Waals surface area contributed by atoms with Crippen molar-refractivity contribution in [2.24, 2.45) is 4.99 Å². The van der Waals surface area contributed by atoms with E-state index in [-0.39, 0.29) is 24.0 Å². The van der Waals surface area contributed by atoms with Gasteiger partial charge in [0.05, 0.1) is 0 Å². The number of hydrogen-bond donors (Lipinski definition) is 2. The lowest BCUT2D eigenvalue weighted by molar-refractivity contribution is 0.256. The zero-order chi connectivity index (χ0) is 17.1. The minimum Gasteiger partial charge on any atom is -0.356 e. The SMILES string of the molecule is CN=C(NCCc1cc(C)cc(C)c1)NC1CC(C)N(C2CC2)C1.I. The van der Waals surface area contributed by atoms with E-state index >= 15 is 0 Å². The van der Waals surface area contributed by atoms with Crippen LogP contribution in [0.1, 0.15) is 42.9 Å². The number of benzene rings is 1. The molecular formula is C20H33IN4. The Morgan fingerprint density at radius 2 is 1.88 bits per heavy atom. The summed E-state index contributed by atoms with van der Waals surface area (Å²) in [5.74, 6) is 0.939. The van der Waals surface area contributed by atoms with Gasteiger partial charge in [0.1, 0.15) is 0 Å². The Bertz CT molecular complexity index is 577. The largest absolute Gasteiger partial charge is 0.356 e. The van der Waals surface area contributed by atoms with E-state index in [1.54, 1.807) is 0 Å². The fraction of sp³-hybridized carbons (Fsp3) is 0.650. The summed E-state index contributed by atoms with van der Waals surface area (Å²) in [4.78, 5) is 7.07. The van der Waals surface area contributed by atoms with E-state index in [0.717, 1.165) is 31.5 Å². The van der Waals surface area contributed by atoms with Crippen LogP contribution >= 0.6 is 24.0 Å². The third kappa shape index (κ3) is 5.84. The lowest BCUT2D eigenvalue weighted by Crippen LogP contribution is -2.45. The van der Waals surface area contributed by atoms with Crippen molar-refractivity contribution in [2.45, 2.75) is 64.6 Å². The second-order valence-electron chi connectivity index (χ2n) is 7.60. The summed E-state index contributed by atoms with van der Waals surface area (Å²) >= 11 is 0. The molecule has 1 aromatic rings. The molecule has 2 unspecified atom stereocenters. The van der Waals surface area contributed by atoms with Crippen molar-refractivity contribution in [3.05, 3.63) is 34.9 Å². The van der Waals surface area contributed by atoms with Crippen molar-refractivity contribution in [1.82, 2.24) is 15.5 Å². The van der Waals surface area contributed by atoms with Gasteiger partial charge in [0.25, 0.3) is 0 Å². The molecule has 3 rings (SSSR count). The molecule has 0 spiro atoms. The molecule has 2 atom stereocenters. The average Bonchev–Trinajstić information content (AvgIpc) is 3.29. The predicted octanol–water partition coefficient (Wildman–Crippen LogP) is 3.25. The van der Waals surface area contributed by atoms with Gasteiger partial charge in [-0.1, -0.05) is 29.3 Å². The van der Waals surface area contributed by atoms with E-state index in [1.165, 1.54) is 36.0 Å². The first-order chi connectivity index (χ1) is 11.5. The highest BCUT2D eigenvalue weighted by atomic mass is 127. The summed E-state index contributed by atoms with van der Waals surface area (Å²) < 4.78 is 0. The van der Waals surface area contributed by atoms with E-state index in [2.05, 4.69) is 59.5 Å². The lowest BCUT2D eigenvalue weighted by atomic mass is 10.1. The van der Waals surface area contributed by atoms with E-state index in [4.69, 9.17) is 0 Å². The molecule has 1 saturated heterocycles. The Hall–Kier alpha value is -0.820. The summed E-state index contributed by atoms with van der Waals surface area (Å²) in [6.07, 6.45) is 5.02. The lowest BCUT2D eigenvalue weighted by Gasteiger charge is -2.20. The number of rotatable bonds is 5. The second-order valence-corrected chi connectivity index (χ2v) is 7.60.